The predicted octanol–water partition coefficient (Wildman–Crippen LogP) is 4.28. The van der Waals surface area contributed by atoms with Crippen LogP contribution in [0.4, 0.5) is 4.39 Å². The molecule has 0 aliphatic rings. The Bertz CT molecular complexity index is 592. The van der Waals surface area contributed by atoms with E-state index in [4.69, 9.17) is 22.1 Å². The van der Waals surface area contributed by atoms with Gasteiger partial charge in [0.15, 0.2) is 0 Å². The normalized spacial score (nSPS) is 10.5. The fourth-order valence-electron chi connectivity index (χ4n) is 1.62. The number of rotatable bonds is 4. The summed E-state index contributed by atoms with van der Waals surface area (Å²) in [6.07, 6.45) is 0. The molecule has 0 aliphatic carbocycles. The first-order chi connectivity index (χ1) is 9.11. The zero-order valence-corrected chi connectivity index (χ0v) is 12.3. The van der Waals surface area contributed by atoms with Crippen LogP contribution in [0.1, 0.15) is 11.1 Å². The third kappa shape index (κ3) is 3.47. The molecule has 0 heterocycles. The van der Waals surface area contributed by atoms with E-state index >= 15 is 0 Å². The van der Waals surface area contributed by atoms with E-state index < -0.39 is 5.82 Å². The zero-order chi connectivity index (χ0) is 13.8. The van der Waals surface area contributed by atoms with Gasteiger partial charge in [-0.25, -0.2) is 4.39 Å². The lowest BCUT2D eigenvalue weighted by atomic mass is 10.2. The van der Waals surface area contributed by atoms with E-state index in [9.17, 15) is 4.39 Å². The zero-order valence-electron chi connectivity index (χ0n) is 10.00. The van der Waals surface area contributed by atoms with Gasteiger partial charge in [-0.2, -0.15) is 0 Å². The molecule has 2 aromatic carbocycles. The fraction of sp³-hybridized carbons (Fsp3) is 0.143. The van der Waals surface area contributed by atoms with Gasteiger partial charge < -0.3 is 10.5 Å². The number of nitrogens with two attached hydrogens (primary N) is 1. The number of hydrogen-bond donors (Lipinski definition) is 1. The molecule has 0 unspecified atom stereocenters. The molecule has 0 radical (unpaired) electrons. The van der Waals surface area contributed by atoms with Gasteiger partial charge in [0.25, 0.3) is 0 Å². The first-order valence-corrected chi connectivity index (χ1v) is 6.83. The van der Waals surface area contributed by atoms with Gasteiger partial charge in [-0.3, -0.25) is 0 Å². The lowest BCUT2D eigenvalue weighted by molar-refractivity contribution is 0.299. The summed E-state index contributed by atoms with van der Waals surface area (Å²) in [5.41, 5.74) is 6.96. The van der Waals surface area contributed by atoms with Gasteiger partial charge in [0, 0.05) is 16.6 Å². The van der Waals surface area contributed by atoms with Crippen LogP contribution in [0.5, 0.6) is 5.75 Å². The minimum atomic E-state index is -0.444. The summed E-state index contributed by atoms with van der Waals surface area (Å²) in [4.78, 5) is 0. The van der Waals surface area contributed by atoms with Crippen LogP contribution < -0.4 is 10.5 Å². The van der Waals surface area contributed by atoms with Gasteiger partial charge >= 0.3 is 0 Å². The molecule has 0 spiro atoms. The largest absolute Gasteiger partial charge is 0.489 e. The molecular weight excluding hydrogens is 333 g/mol. The van der Waals surface area contributed by atoms with E-state index in [1.807, 2.05) is 12.1 Å². The fourth-order valence-corrected chi connectivity index (χ4v) is 2.22. The lowest BCUT2D eigenvalue weighted by Gasteiger charge is -2.10. The van der Waals surface area contributed by atoms with Crippen LogP contribution in [0.3, 0.4) is 0 Å². The summed E-state index contributed by atoms with van der Waals surface area (Å²) in [5, 5.41) is 0.0968. The monoisotopic (exact) mass is 343 g/mol. The summed E-state index contributed by atoms with van der Waals surface area (Å²) in [6.45, 7) is 0.529. The number of ether oxygens (including phenoxy) is 1. The van der Waals surface area contributed by atoms with Crippen LogP contribution in [0, 0.1) is 5.82 Å². The molecule has 0 aliphatic heterocycles. The minimum Gasteiger partial charge on any atom is -0.489 e. The quantitative estimate of drug-likeness (QED) is 0.898. The molecule has 2 nitrogen and oxygen atoms in total. The molecular formula is C14H12BrClFNO. The highest BCUT2D eigenvalue weighted by molar-refractivity contribution is 9.10. The number of halogens is 3. The lowest BCUT2D eigenvalue weighted by Crippen LogP contribution is -2.01. The van der Waals surface area contributed by atoms with Gasteiger partial charge in [-0.05, 0) is 29.8 Å². The topological polar surface area (TPSA) is 35.2 Å². The van der Waals surface area contributed by atoms with Gasteiger partial charge in [-0.15, -0.1) is 0 Å². The van der Waals surface area contributed by atoms with Crippen LogP contribution in [0.15, 0.2) is 40.9 Å². The van der Waals surface area contributed by atoms with Crippen molar-refractivity contribution in [1.82, 2.24) is 0 Å². The second-order valence-electron chi connectivity index (χ2n) is 3.96. The van der Waals surface area contributed by atoms with E-state index in [1.165, 1.54) is 6.07 Å². The Labute approximate surface area is 124 Å². The molecule has 2 aromatic rings. The van der Waals surface area contributed by atoms with Crippen molar-refractivity contribution in [2.75, 3.05) is 0 Å². The summed E-state index contributed by atoms with van der Waals surface area (Å²) in [7, 11) is 0. The van der Waals surface area contributed by atoms with E-state index in [0.29, 0.717) is 17.9 Å². The van der Waals surface area contributed by atoms with Crippen molar-refractivity contribution in [2.24, 2.45) is 5.73 Å². The minimum absolute atomic E-state index is 0.0968. The molecule has 2 N–H and O–H groups in total. The number of benzene rings is 2. The van der Waals surface area contributed by atoms with Crippen LogP contribution in [0.25, 0.3) is 0 Å². The van der Waals surface area contributed by atoms with Crippen molar-refractivity contribution < 1.29 is 9.13 Å². The van der Waals surface area contributed by atoms with Crippen molar-refractivity contribution in [3.05, 3.63) is 62.8 Å². The molecule has 100 valence electrons. The van der Waals surface area contributed by atoms with Gasteiger partial charge in [0.2, 0.25) is 0 Å². The Morgan fingerprint density at radius 3 is 2.74 bits per heavy atom. The molecule has 0 amide bonds. The summed E-state index contributed by atoms with van der Waals surface area (Å²) >= 11 is 9.11. The maximum absolute atomic E-state index is 13.7. The second-order valence-corrected chi connectivity index (χ2v) is 5.22. The standard InChI is InChI=1S/C14H12BrClFNO/c15-12-5-4-11(6-10(12)7-18)19-8-9-2-1-3-13(16)14(9)17/h1-6H,7-8,18H2. The molecule has 0 aromatic heterocycles. The summed E-state index contributed by atoms with van der Waals surface area (Å²) < 4.78 is 20.2. The highest BCUT2D eigenvalue weighted by Crippen LogP contribution is 2.24. The van der Waals surface area contributed by atoms with E-state index in [1.54, 1.807) is 18.2 Å². The van der Waals surface area contributed by atoms with E-state index in [2.05, 4.69) is 15.9 Å². The average molecular weight is 345 g/mol. The van der Waals surface area contributed by atoms with Crippen molar-refractivity contribution >= 4 is 27.5 Å². The van der Waals surface area contributed by atoms with E-state index in [0.717, 1.165) is 10.0 Å². The Morgan fingerprint density at radius 2 is 2.00 bits per heavy atom. The second kappa shape index (κ2) is 6.37. The maximum atomic E-state index is 13.7. The Hall–Kier alpha value is -1.10. The highest BCUT2D eigenvalue weighted by Gasteiger charge is 2.07. The van der Waals surface area contributed by atoms with Crippen molar-refractivity contribution in [3.63, 3.8) is 0 Å². The van der Waals surface area contributed by atoms with Crippen LogP contribution in [-0.2, 0) is 13.2 Å². The van der Waals surface area contributed by atoms with Crippen molar-refractivity contribution in [1.29, 1.82) is 0 Å². The van der Waals surface area contributed by atoms with Crippen LogP contribution >= 0.6 is 27.5 Å². The third-order valence-electron chi connectivity index (χ3n) is 2.66. The third-order valence-corrected chi connectivity index (χ3v) is 3.73. The molecule has 0 saturated carbocycles. The Balaban J connectivity index is 2.12. The SMILES string of the molecule is NCc1cc(OCc2cccc(Cl)c2F)ccc1Br. The molecule has 0 atom stereocenters. The molecule has 2 rings (SSSR count). The molecule has 0 saturated heterocycles. The highest BCUT2D eigenvalue weighted by atomic mass is 79.9. The summed E-state index contributed by atoms with van der Waals surface area (Å²) in [5.74, 6) is 0.198. The number of hydrogen-bond acceptors (Lipinski definition) is 2. The van der Waals surface area contributed by atoms with Crippen LogP contribution in [-0.4, -0.2) is 0 Å². The van der Waals surface area contributed by atoms with Crippen LogP contribution in [0.2, 0.25) is 5.02 Å². The van der Waals surface area contributed by atoms with Gasteiger partial charge in [-0.1, -0.05) is 39.7 Å². The van der Waals surface area contributed by atoms with E-state index in [-0.39, 0.29) is 11.6 Å². The molecule has 19 heavy (non-hydrogen) atoms. The first kappa shape index (κ1) is 14.3. The van der Waals surface area contributed by atoms with Crippen molar-refractivity contribution in [3.8, 4) is 5.75 Å². The van der Waals surface area contributed by atoms with Gasteiger partial charge in [0.1, 0.15) is 18.2 Å². The molecule has 5 heteroatoms. The molecule has 0 fully saturated rings. The predicted molar refractivity (Wildman–Crippen MR) is 77.8 cm³/mol. The Kier molecular flexibility index (Phi) is 4.80. The Morgan fingerprint density at radius 1 is 1.21 bits per heavy atom. The maximum Gasteiger partial charge on any atom is 0.148 e. The first-order valence-electron chi connectivity index (χ1n) is 5.66. The smallest absolute Gasteiger partial charge is 0.148 e. The summed E-state index contributed by atoms with van der Waals surface area (Å²) in [6, 6.07) is 10.3. The average Bonchev–Trinajstić information content (AvgIpc) is 2.42. The molecule has 0 bridgehead atoms. The van der Waals surface area contributed by atoms with Crippen molar-refractivity contribution in [2.45, 2.75) is 13.2 Å². The van der Waals surface area contributed by atoms with Gasteiger partial charge in [0.05, 0.1) is 5.02 Å².